The Hall–Kier alpha value is -4.30. The molecule has 1 aromatic carbocycles. The number of allylic oxidation sites excluding steroid dienone is 1. The van der Waals surface area contributed by atoms with Gasteiger partial charge in [0.25, 0.3) is 0 Å². The molecule has 0 unspecified atom stereocenters. The van der Waals surface area contributed by atoms with Crippen LogP contribution in [0.5, 0.6) is 11.5 Å². The Kier molecular flexibility index (Phi) is 6.56. The molecule has 0 saturated carbocycles. The number of rotatable bonds is 9. The lowest BCUT2D eigenvalue weighted by Crippen LogP contribution is -2.19. The molecule has 1 aliphatic rings. The van der Waals surface area contributed by atoms with Crippen molar-refractivity contribution in [3.8, 4) is 17.6 Å². The van der Waals surface area contributed by atoms with E-state index in [2.05, 4.69) is 37.0 Å². The highest BCUT2D eigenvalue weighted by Gasteiger charge is 2.23. The smallest absolute Gasteiger partial charge is 0.231 e. The van der Waals surface area contributed by atoms with E-state index < -0.39 is 0 Å². The molecule has 11 nitrogen and oxygen atoms in total. The summed E-state index contributed by atoms with van der Waals surface area (Å²) in [4.78, 5) is 12.1. The molecule has 3 aromatic rings. The van der Waals surface area contributed by atoms with E-state index in [0.29, 0.717) is 71.9 Å². The van der Waals surface area contributed by atoms with Gasteiger partial charge in [-0.25, -0.2) is 0 Å². The largest absolute Gasteiger partial charge is 0.485 e. The molecule has 4 rings (SSSR count). The first-order chi connectivity index (χ1) is 16.2. The van der Waals surface area contributed by atoms with Crippen molar-refractivity contribution in [2.45, 2.75) is 0 Å². The Balaban J connectivity index is 1.74. The molecule has 1 aliphatic heterocycles. The minimum atomic E-state index is 0.321. The fourth-order valence-electron chi connectivity index (χ4n) is 3.54. The molecule has 11 heteroatoms. The van der Waals surface area contributed by atoms with E-state index >= 15 is 0 Å². The number of nitriles is 1. The van der Waals surface area contributed by atoms with Crippen LogP contribution in [0.1, 0.15) is 11.1 Å². The summed E-state index contributed by atoms with van der Waals surface area (Å²) in [7, 11) is 3.40. The Morgan fingerprint density at radius 3 is 2.85 bits per heavy atom. The third-order valence-corrected chi connectivity index (χ3v) is 4.99. The predicted molar refractivity (Wildman–Crippen MR) is 126 cm³/mol. The molecule has 0 spiro atoms. The van der Waals surface area contributed by atoms with Crippen LogP contribution in [0.2, 0.25) is 0 Å². The van der Waals surface area contributed by atoms with Gasteiger partial charge in [0.05, 0.1) is 23.2 Å². The Morgan fingerprint density at radius 2 is 2.12 bits per heavy atom. The van der Waals surface area contributed by atoms with E-state index in [1.807, 2.05) is 12.1 Å². The van der Waals surface area contributed by atoms with Crippen molar-refractivity contribution in [1.82, 2.24) is 20.3 Å². The summed E-state index contributed by atoms with van der Waals surface area (Å²) in [5.41, 5.74) is 3.12. The maximum atomic E-state index is 9.44. The summed E-state index contributed by atoms with van der Waals surface area (Å²) in [6, 6.07) is 5.88. The number of aromatic nitrogens is 3. The molecular formula is C22H24N8O3. The van der Waals surface area contributed by atoms with Gasteiger partial charge in [0.15, 0.2) is 11.5 Å². The van der Waals surface area contributed by atoms with Crippen molar-refractivity contribution in [2.24, 2.45) is 0 Å². The first kappa shape index (κ1) is 21.9. The summed E-state index contributed by atoms with van der Waals surface area (Å²) in [5.74, 6) is 1.94. The number of benzene rings is 1. The molecule has 2 aromatic heterocycles. The van der Waals surface area contributed by atoms with Crippen LogP contribution in [0.3, 0.4) is 0 Å². The van der Waals surface area contributed by atoms with Gasteiger partial charge in [-0.2, -0.15) is 15.2 Å². The average Bonchev–Trinajstić information content (AvgIpc) is 3.26. The minimum Gasteiger partial charge on any atom is -0.485 e. The van der Waals surface area contributed by atoms with Gasteiger partial charge >= 0.3 is 0 Å². The molecule has 0 saturated heterocycles. The van der Waals surface area contributed by atoms with Crippen molar-refractivity contribution in [1.29, 1.82) is 10.7 Å². The van der Waals surface area contributed by atoms with Gasteiger partial charge in [-0.15, -0.1) is 0 Å². The SMILES string of the molecule is CN/C(=C\C=N)c1ccc(Nc2nc(NCCOC)c3c(C#N)c[nH]c3n2)c2c1OCCO2. The summed E-state index contributed by atoms with van der Waals surface area (Å²) in [6.07, 6.45) is 4.46. The number of ether oxygens (including phenoxy) is 3. The molecule has 5 N–H and O–H groups in total. The third kappa shape index (κ3) is 4.37. The van der Waals surface area contributed by atoms with E-state index in [1.54, 1.807) is 26.4 Å². The first-order valence-corrected chi connectivity index (χ1v) is 10.3. The number of methoxy groups -OCH3 is 1. The van der Waals surface area contributed by atoms with Crippen LogP contribution < -0.4 is 25.4 Å². The number of aromatic amines is 1. The Morgan fingerprint density at radius 1 is 1.30 bits per heavy atom. The second-order valence-corrected chi connectivity index (χ2v) is 6.99. The Labute approximate surface area is 190 Å². The molecule has 0 amide bonds. The van der Waals surface area contributed by atoms with Gasteiger partial charge in [0, 0.05) is 44.4 Å². The summed E-state index contributed by atoms with van der Waals surface area (Å²) in [5, 5.41) is 27.0. The molecular weight excluding hydrogens is 424 g/mol. The molecule has 0 aliphatic carbocycles. The van der Waals surface area contributed by atoms with Crippen LogP contribution in [0.25, 0.3) is 16.7 Å². The number of hydrogen-bond acceptors (Lipinski definition) is 10. The van der Waals surface area contributed by atoms with E-state index in [4.69, 9.17) is 19.6 Å². The highest BCUT2D eigenvalue weighted by atomic mass is 16.6. The van der Waals surface area contributed by atoms with E-state index in [-0.39, 0.29) is 0 Å². The molecule has 0 radical (unpaired) electrons. The van der Waals surface area contributed by atoms with Crippen LogP contribution >= 0.6 is 0 Å². The van der Waals surface area contributed by atoms with Crippen LogP contribution in [-0.4, -0.2) is 61.7 Å². The van der Waals surface area contributed by atoms with Crippen molar-refractivity contribution in [3.05, 3.63) is 35.5 Å². The fourth-order valence-corrected chi connectivity index (χ4v) is 3.54. The highest BCUT2D eigenvalue weighted by molar-refractivity contribution is 5.94. The maximum absolute atomic E-state index is 9.44. The third-order valence-electron chi connectivity index (χ3n) is 4.99. The van der Waals surface area contributed by atoms with Crippen molar-refractivity contribution >= 4 is 40.4 Å². The van der Waals surface area contributed by atoms with Crippen molar-refractivity contribution in [2.75, 3.05) is 51.2 Å². The second kappa shape index (κ2) is 9.88. The van der Waals surface area contributed by atoms with Crippen molar-refractivity contribution < 1.29 is 14.2 Å². The van der Waals surface area contributed by atoms with Gasteiger partial charge < -0.3 is 40.6 Å². The zero-order chi connectivity index (χ0) is 23.2. The normalized spacial score (nSPS) is 12.8. The first-order valence-electron chi connectivity index (χ1n) is 10.3. The van der Waals surface area contributed by atoms with Gasteiger partial charge in [0.2, 0.25) is 5.95 Å². The number of fused-ring (bicyclic) bond motifs is 2. The van der Waals surface area contributed by atoms with Crippen molar-refractivity contribution in [3.63, 3.8) is 0 Å². The number of nitrogens with one attached hydrogen (secondary N) is 5. The zero-order valence-electron chi connectivity index (χ0n) is 18.3. The second-order valence-electron chi connectivity index (χ2n) is 6.99. The lowest BCUT2D eigenvalue weighted by molar-refractivity contribution is 0.172. The van der Waals surface area contributed by atoms with Crippen LogP contribution in [0, 0.1) is 16.7 Å². The summed E-state index contributed by atoms with van der Waals surface area (Å²) < 4.78 is 16.9. The number of anilines is 3. The Bertz CT molecular complexity index is 1240. The van der Waals surface area contributed by atoms with Gasteiger partial charge in [-0.1, -0.05) is 0 Å². The predicted octanol–water partition coefficient (Wildman–Crippen LogP) is 2.61. The van der Waals surface area contributed by atoms with E-state index in [9.17, 15) is 5.26 Å². The van der Waals surface area contributed by atoms with Gasteiger partial charge in [-0.05, 0) is 18.2 Å². The fraction of sp³-hybridized carbons (Fsp3) is 0.273. The summed E-state index contributed by atoms with van der Waals surface area (Å²) >= 11 is 0. The molecule has 0 fully saturated rings. The van der Waals surface area contributed by atoms with Crippen LogP contribution in [0.15, 0.2) is 24.4 Å². The lowest BCUT2D eigenvalue weighted by Gasteiger charge is -2.24. The molecule has 0 bridgehead atoms. The monoisotopic (exact) mass is 448 g/mol. The van der Waals surface area contributed by atoms with E-state index in [1.165, 1.54) is 6.21 Å². The lowest BCUT2D eigenvalue weighted by atomic mass is 10.1. The minimum absolute atomic E-state index is 0.321. The number of H-pyrrole nitrogens is 1. The van der Waals surface area contributed by atoms with Gasteiger partial charge in [0.1, 0.15) is 30.7 Å². The molecule has 33 heavy (non-hydrogen) atoms. The average molecular weight is 448 g/mol. The standard InChI is InChI=1S/C22H24N8O3/c1-25-15(5-6-23)14-3-4-16(19-18(14)32-9-10-33-19)28-22-29-20(26-7-8-31-2)17-13(11-24)12-27-21(17)30-22/h3-6,12,23,25H,7-10H2,1-2H3,(H3,26,27,28,29,30)/b15-5-,23-6?. The maximum Gasteiger partial charge on any atom is 0.231 e. The highest BCUT2D eigenvalue weighted by Crippen LogP contribution is 2.43. The van der Waals surface area contributed by atoms with Crippen LogP contribution in [0.4, 0.5) is 17.5 Å². The number of hydrogen-bond donors (Lipinski definition) is 5. The topological polar surface area (TPSA) is 153 Å². The molecule has 0 atom stereocenters. The van der Waals surface area contributed by atoms with Gasteiger partial charge in [-0.3, -0.25) is 0 Å². The quantitative estimate of drug-likeness (QED) is 0.245. The molecule has 3 heterocycles. The number of nitrogens with zero attached hydrogens (tertiary/aromatic N) is 3. The zero-order valence-corrected chi connectivity index (χ0v) is 18.3. The van der Waals surface area contributed by atoms with E-state index in [0.717, 1.165) is 11.3 Å². The molecule has 170 valence electrons. The summed E-state index contributed by atoms with van der Waals surface area (Å²) in [6.45, 7) is 1.82. The van der Waals surface area contributed by atoms with Crippen LogP contribution in [-0.2, 0) is 4.74 Å².